The SMILES string of the molecule is Cc1cc(=O)oc2cc(OCCN3CCCC(C(C)O)C3)ccc12. The molecule has 2 heterocycles. The van der Waals surface area contributed by atoms with Crippen molar-refractivity contribution in [1.29, 1.82) is 0 Å². The van der Waals surface area contributed by atoms with Gasteiger partial charge in [-0.3, -0.25) is 4.90 Å². The average Bonchev–Trinajstić information content (AvgIpc) is 2.54. The second-order valence-electron chi connectivity index (χ2n) is 6.70. The largest absolute Gasteiger partial charge is 0.492 e. The molecule has 24 heavy (non-hydrogen) atoms. The van der Waals surface area contributed by atoms with Gasteiger partial charge in [0.25, 0.3) is 0 Å². The molecule has 0 amide bonds. The van der Waals surface area contributed by atoms with E-state index in [-0.39, 0.29) is 11.7 Å². The minimum atomic E-state index is -0.338. The van der Waals surface area contributed by atoms with Gasteiger partial charge in [-0.2, -0.15) is 0 Å². The van der Waals surface area contributed by atoms with E-state index in [9.17, 15) is 9.90 Å². The Balaban J connectivity index is 1.59. The lowest BCUT2D eigenvalue weighted by Crippen LogP contribution is -2.41. The molecular weight excluding hydrogens is 306 g/mol. The third kappa shape index (κ3) is 3.97. The van der Waals surface area contributed by atoms with Crippen molar-refractivity contribution in [2.75, 3.05) is 26.2 Å². The van der Waals surface area contributed by atoms with Gasteiger partial charge in [-0.1, -0.05) is 0 Å². The van der Waals surface area contributed by atoms with Crippen molar-refractivity contribution in [1.82, 2.24) is 4.90 Å². The average molecular weight is 331 g/mol. The molecule has 2 atom stereocenters. The predicted octanol–water partition coefficient (Wildman–Crippen LogP) is 2.57. The first-order valence-electron chi connectivity index (χ1n) is 8.60. The molecule has 0 spiro atoms. The van der Waals surface area contributed by atoms with Crippen molar-refractivity contribution in [2.45, 2.75) is 32.8 Å². The quantitative estimate of drug-likeness (QED) is 0.853. The first-order valence-corrected chi connectivity index (χ1v) is 8.60. The number of benzene rings is 1. The first-order chi connectivity index (χ1) is 11.5. The van der Waals surface area contributed by atoms with Crippen LogP contribution >= 0.6 is 0 Å². The highest BCUT2D eigenvalue weighted by Gasteiger charge is 2.23. The monoisotopic (exact) mass is 331 g/mol. The third-order valence-electron chi connectivity index (χ3n) is 4.82. The number of aliphatic hydroxyl groups excluding tert-OH is 1. The fourth-order valence-corrected chi connectivity index (χ4v) is 3.38. The Hall–Kier alpha value is -1.85. The van der Waals surface area contributed by atoms with Gasteiger partial charge in [0.15, 0.2) is 0 Å². The second-order valence-corrected chi connectivity index (χ2v) is 6.70. The van der Waals surface area contributed by atoms with Crippen LogP contribution in [0.25, 0.3) is 11.0 Å². The Morgan fingerprint density at radius 3 is 3.04 bits per heavy atom. The zero-order valence-electron chi connectivity index (χ0n) is 14.3. The summed E-state index contributed by atoms with van der Waals surface area (Å²) in [5.74, 6) is 1.07. The van der Waals surface area contributed by atoms with Gasteiger partial charge in [-0.15, -0.1) is 0 Å². The molecule has 1 aromatic carbocycles. The summed E-state index contributed by atoms with van der Waals surface area (Å²) < 4.78 is 11.1. The smallest absolute Gasteiger partial charge is 0.336 e. The minimum absolute atomic E-state index is 0.250. The number of nitrogens with zero attached hydrogens (tertiary/aromatic N) is 1. The molecule has 0 saturated carbocycles. The van der Waals surface area contributed by atoms with Crippen LogP contribution in [-0.4, -0.2) is 42.4 Å². The molecule has 0 aliphatic carbocycles. The Kier molecular flexibility index (Phi) is 5.21. The van der Waals surface area contributed by atoms with Gasteiger partial charge in [-0.25, -0.2) is 4.79 Å². The van der Waals surface area contributed by atoms with E-state index in [0.717, 1.165) is 43.4 Å². The van der Waals surface area contributed by atoms with Crippen LogP contribution in [0.2, 0.25) is 0 Å². The molecule has 130 valence electrons. The highest BCUT2D eigenvalue weighted by atomic mass is 16.5. The lowest BCUT2D eigenvalue weighted by Gasteiger charge is -2.33. The summed E-state index contributed by atoms with van der Waals surface area (Å²) in [6.07, 6.45) is 1.97. The molecule has 1 aromatic heterocycles. The molecule has 1 saturated heterocycles. The molecule has 5 heteroatoms. The van der Waals surface area contributed by atoms with E-state index >= 15 is 0 Å². The van der Waals surface area contributed by atoms with Crippen LogP contribution in [0.5, 0.6) is 5.75 Å². The van der Waals surface area contributed by atoms with E-state index < -0.39 is 0 Å². The van der Waals surface area contributed by atoms with Crippen LogP contribution in [0.3, 0.4) is 0 Å². The van der Waals surface area contributed by atoms with Crippen LogP contribution in [0.15, 0.2) is 33.5 Å². The normalized spacial score (nSPS) is 20.2. The summed E-state index contributed by atoms with van der Waals surface area (Å²) in [5, 5.41) is 10.7. The number of likely N-dealkylation sites (tertiary alicyclic amines) is 1. The Morgan fingerprint density at radius 2 is 2.25 bits per heavy atom. The standard InChI is InChI=1S/C19H25NO4/c1-13-10-19(22)24-18-11-16(5-6-17(13)18)23-9-8-20-7-3-4-15(12-20)14(2)21/h5-6,10-11,14-15,21H,3-4,7-9,12H2,1-2H3. The van der Waals surface area contributed by atoms with Crippen LogP contribution in [0, 0.1) is 12.8 Å². The Labute approximate surface area is 141 Å². The summed E-state index contributed by atoms with van der Waals surface area (Å²) in [6, 6.07) is 7.10. The number of aliphatic hydroxyl groups is 1. The van der Waals surface area contributed by atoms with Crippen molar-refractivity contribution >= 4 is 11.0 Å². The van der Waals surface area contributed by atoms with Gasteiger partial charge in [0.1, 0.15) is 17.9 Å². The van der Waals surface area contributed by atoms with Crippen LogP contribution in [-0.2, 0) is 0 Å². The van der Waals surface area contributed by atoms with E-state index in [1.54, 1.807) is 6.07 Å². The Bertz CT molecular complexity index is 753. The fraction of sp³-hybridized carbons (Fsp3) is 0.526. The van der Waals surface area contributed by atoms with Gasteiger partial charge < -0.3 is 14.3 Å². The summed E-state index contributed by atoms with van der Waals surface area (Å²) in [7, 11) is 0. The van der Waals surface area contributed by atoms with Gasteiger partial charge in [0, 0.05) is 30.6 Å². The van der Waals surface area contributed by atoms with Crippen molar-refractivity contribution in [3.63, 3.8) is 0 Å². The molecule has 1 fully saturated rings. The molecule has 2 aromatic rings. The highest BCUT2D eigenvalue weighted by Crippen LogP contribution is 2.23. The second kappa shape index (κ2) is 7.36. The van der Waals surface area contributed by atoms with E-state index in [1.807, 2.05) is 26.0 Å². The Morgan fingerprint density at radius 1 is 1.42 bits per heavy atom. The van der Waals surface area contributed by atoms with Crippen molar-refractivity contribution in [3.8, 4) is 5.75 Å². The zero-order chi connectivity index (χ0) is 17.1. The number of rotatable bonds is 5. The number of hydrogen-bond acceptors (Lipinski definition) is 5. The summed E-state index contributed by atoms with van der Waals surface area (Å²) in [5.41, 5.74) is 1.13. The van der Waals surface area contributed by atoms with Gasteiger partial charge in [0.05, 0.1) is 6.10 Å². The lowest BCUT2D eigenvalue weighted by atomic mass is 9.93. The van der Waals surface area contributed by atoms with Crippen molar-refractivity contribution in [2.24, 2.45) is 5.92 Å². The van der Waals surface area contributed by atoms with Gasteiger partial charge >= 0.3 is 5.63 Å². The lowest BCUT2D eigenvalue weighted by molar-refractivity contribution is 0.0573. The maximum absolute atomic E-state index is 11.5. The number of ether oxygens (including phenoxy) is 1. The molecule has 3 rings (SSSR count). The van der Waals surface area contributed by atoms with Crippen molar-refractivity contribution < 1.29 is 14.3 Å². The molecule has 1 aliphatic heterocycles. The molecular formula is C19H25NO4. The van der Waals surface area contributed by atoms with Gasteiger partial charge in [0.2, 0.25) is 0 Å². The van der Waals surface area contributed by atoms with E-state index in [1.165, 1.54) is 6.07 Å². The molecule has 0 radical (unpaired) electrons. The van der Waals surface area contributed by atoms with Gasteiger partial charge in [-0.05, 0) is 56.8 Å². The van der Waals surface area contributed by atoms with E-state index in [4.69, 9.17) is 9.15 Å². The predicted molar refractivity (Wildman–Crippen MR) is 93.6 cm³/mol. The van der Waals surface area contributed by atoms with Crippen LogP contribution in [0.1, 0.15) is 25.3 Å². The molecule has 5 nitrogen and oxygen atoms in total. The molecule has 1 N–H and O–H groups in total. The minimum Gasteiger partial charge on any atom is -0.492 e. The zero-order valence-corrected chi connectivity index (χ0v) is 14.3. The number of fused-ring (bicyclic) bond motifs is 1. The summed E-state index contributed by atoms with van der Waals surface area (Å²) >= 11 is 0. The summed E-state index contributed by atoms with van der Waals surface area (Å²) in [4.78, 5) is 13.8. The number of piperidine rings is 1. The van der Waals surface area contributed by atoms with E-state index in [0.29, 0.717) is 23.9 Å². The number of aryl methyl sites for hydroxylation is 1. The number of hydrogen-bond donors (Lipinski definition) is 1. The maximum atomic E-state index is 11.5. The molecule has 1 aliphatic rings. The third-order valence-corrected chi connectivity index (χ3v) is 4.82. The van der Waals surface area contributed by atoms with Crippen molar-refractivity contribution in [3.05, 3.63) is 40.2 Å². The highest BCUT2D eigenvalue weighted by molar-refractivity contribution is 5.81. The van der Waals surface area contributed by atoms with E-state index in [2.05, 4.69) is 4.90 Å². The topological polar surface area (TPSA) is 62.9 Å². The molecule has 2 unspecified atom stereocenters. The maximum Gasteiger partial charge on any atom is 0.336 e. The summed E-state index contributed by atoms with van der Waals surface area (Å²) in [6.45, 7) is 7.16. The molecule has 0 bridgehead atoms. The van der Waals surface area contributed by atoms with Crippen LogP contribution < -0.4 is 10.4 Å². The first kappa shape index (κ1) is 17.0. The fourth-order valence-electron chi connectivity index (χ4n) is 3.38. The van der Waals surface area contributed by atoms with Crippen LogP contribution in [0.4, 0.5) is 0 Å².